The quantitative estimate of drug-likeness (QED) is 0.0138. The first kappa shape index (κ1) is 106. The Balaban J connectivity index is 0.000000282. The number of hydrogen-bond acceptors (Lipinski definition) is 22. The van der Waals surface area contributed by atoms with Crippen LogP contribution in [0.4, 0.5) is 5.69 Å². The number of carboxylic acid groups (broad SMARTS) is 1. The zero-order chi connectivity index (χ0) is 90.8. The number of phenols is 2. The number of aromatic carboxylic acids is 1. The van der Waals surface area contributed by atoms with Gasteiger partial charge in [0.15, 0.2) is 52.5 Å². The Hall–Kier alpha value is -9.15. The van der Waals surface area contributed by atoms with Crippen molar-refractivity contribution in [2.45, 2.75) is 57.6 Å². The Morgan fingerprint density at radius 3 is 0.904 bits per heavy atom. The molecule has 654 valence electrons. The van der Waals surface area contributed by atoms with E-state index in [2.05, 4.69) is 4.74 Å². The van der Waals surface area contributed by atoms with Crippen molar-refractivity contribution in [3.8, 4) is 67.5 Å². The van der Waals surface area contributed by atoms with E-state index >= 15 is 0 Å². The minimum atomic E-state index is -4.08. The Labute approximate surface area is 789 Å². The molecular formula is C88H77Cl9NNaO22S4. The molecule has 12 rings (SSSR count). The number of nitrogens with two attached hydrogens (primary N) is 1. The molecule has 0 bridgehead atoms. The van der Waals surface area contributed by atoms with Crippen LogP contribution in [-0.2, 0) is 70.0 Å². The third kappa shape index (κ3) is 29.7. The Morgan fingerprint density at radius 2 is 0.608 bits per heavy atom. The monoisotopic (exact) mass is 1970 g/mol. The molecule has 0 spiro atoms. The average Bonchev–Trinajstić information content (AvgIpc) is 0.779. The average molecular weight is 1970 g/mol. The summed E-state index contributed by atoms with van der Waals surface area (Å²) in [6, 6.07) is 67.6. The van der Waals surface area contributed by atoms with E-state index in [0.717, 1.165) is 51.1 Å². The van der Waals surface area contributed by atoms with Gasteiger partial charge in [-0.3, -0.25) is 0 Å². The third-order valence-corrected chi connectivity index (χ3v) is 25.4. The van der Waals surface area contributed by atoms with Crippen LogP contribution in [0.25, 0.3) is 44.5 Å². The molecule has 0 atom stereocenters. The van der Waals surface area contributed by atoms with Gasteiger partial charge in [-0.05, 0) is 179 Å². The summed E-state index contributed by atoms with van der Waals surface area (Å²) in [6.07, 6.45) is 0. The van der Waals surface area contributed by atoms with Crippen LogP contribution in [0, 0.1) is 0 Å². The number of carbonyl (C=O) groups is 4. The van der Waals surface area contributed by atoms with Gasteiger partial charge in [0.05, 0.1) is 94.1 Å². The van der Waals surface area contributed by atoms with E-state index < -0.39 is 101 Å². The summed E-state index contributed by atoms with van der Waals surface area (Å²) in [5, 5.41) is 36.7. The molecule has 0 amide bonds. The van der Waals surface area contributed by atoms with Crippen LogP contribution in [-0.4, -0.2) is 125 Å². The largest absolute Gasteiger partial charge is 1.00 e. The first-order valence-corrected chi connectivity index (χ1v) is 46.3. The summed E-state index contributed by atoms with van der Waals surface area (Å²) in [5.74, 6) is -5.63. The van der Waals surface area contributed by atoms with Gasteiger partial charge >= 0.3 is 53.4 Å². The normalized spacial score (nSPS) is 10.8. The topological polar surface area (TPSA) is 388 Å². The van der Waals surface area contributed by atoms with Crippen LogP contribution in [0.1, 0.15) is 78.9 Å². The van der Waals surface area contributed by atoms with Crippen LogP contribution in [0.2, 0.25) is 40.2 Å². The van der Waals surface area contributed by atoms with E-state index in [0.29, 0.717) is 22.4 Å². The molecule has 12 aromatic carbocycles. The SMILES string of the molecule is CCO.CCOc1c(Cl)cc(Cl)cc1S(=O)(=O)Cc1cc(-c2ccccc2)ccc1C(=O)O.CCOc1c(Cl)cc(Cl)cc1S(=O)(=O)Cc1cc(-c2ccccc2)ccc1C(=O)OC.COC(=O)c1ccc(-c2ccccc2)cc1CS(=O)(=O)c1cc(Cl)cc(Cl)c1O.COC(=O)c1ccc(-c2ccccc2)cc1N.O=S(=O)(Cl)c1cc(Cl)cc(Cl)c1O.[Na+].[OH-]. The maximum Gasteiger partial charge on any atom is 1.00 e. The minimum absolute atomic E-state index is 0. The summed E-state index contributed by atoms with van der Waals surface area (Å²) in [4.78, 5) is 46.3. The molecule has 0 aromatic heterocycles. The van der Waals surface area contributed by atoms with E-state index in [1.165, 1.54) is 69.9 Å². The second-order valence-electron chi connectivity index (χ2n) is 25.5. The Bertz CT molecular complexity index is 6300. The Morgan fingerprint density at radius 1 is 0.352 bits per heavy atom. The van der Waals surface area contributed by atoms with Crippen molar-refractivity contribution in [3.05, 3.63) is 322 Å². The molecule has 0 saturated carbocycles. The fourth-order valence-electron chi connectivity index (χ4n) is 11.5. The van der Waals surface area contributed by atoms with Gasteiger partial charge in [0, 0.05) is 43.1 Å². The Kier molecular flexibility index (Phi) is 41.9. The number of anilines is 1. The second kappa shape index (κ2) is 49.3. The third-order valence-electron chi connectivity index (χ3n) is 17.1. The molecule has 0 aliphatic heterocycles. The molecule has 0 heterocycles. The number of nitrogen functional groups attached to an aromatic ring is 1. The maximum atomic E-state index is 13.4. The predicted octanol–water partition coefficient (Wildman–Crippen LogP) is 18.9. The van der Waals surface area contributed by atoms with Crippen molar-refractivity contribution in [3.63, 3.8) is 0 Å². The van der Waals surface area contributed by atoms with Crippen molar-refractivity contribution in [2.24, 2.45) is 0 Å². The smallest absolute Gasteiger partial charge is 0.870 e. The van der Waals surface area contributed by atoms with Gasteiger partial charge in [-0.15, -0.1) is 0 Å². The molecular weight excluding hydrogens is 1890 g/mol. The number of methoxy groups -OCH3 is 3. The number of esters is 3. The molecule has 0 aliphatic carbocycles. The van der Waals surface area contributed by atoms with E-state index in [4.69, 9.17) is 133 Å². The fourth-order valence-corrected chi connectivity index (χ4v) is 19.7. The zero-order valence-corrected chi connectivity index (χ0v) is 79.2. The number of aliphatic hydroxyl groups excluding tert-OH is 1. The van der Waals surface area contributed by atoms with Crippen molar-refractivity contribution in [2.75, 3.05) is 46.9 Å². The van der Waals surface area contributed by atoms with Gasteiger partial charge in [-0.1, -0.05) is 238 Å². The molecule has 0 aliphatic rings. The van der Waals surface area contributed by atoms with E-state index in [1.807, 2.05) is 127 Å². The number of aromatic hydroxyl groups is 2. The first-order valence-electron chi connectivity index (χ1n) is 36.0. The first-order chi connectivity index (χ1) is 58.2. The van der Waals surface area contributed by atoms with Crippen molar-refractivity contribution in [1.29, 1.82) is 0 Å². The van der Waals surface area contributed by atoms with Gasteiger partial charge < -0.3 is 55.3 Å². The van der Waals surface area contributed by atoms with Gasteiger partial charge in [0.25, 0.3) is 9.05 Å². The van der Waals surface area contributed by atoms with Crippen LogP contribution in [0.5, 0.6) is 23.0 Å². The van der Waals surface area contributed by atoms with Crippen molar-refractivity contribution >= 4 is 172 Å². The fraction of sp³-hybridized carbons (Fsp3) is 0.136. The zero-order valence-electron chi connectivity index (χ0n) is 67.1. The van der Waals surface area contributed by atoms with E-state index in [1.54, 1.807) is 75.4 Å². The molecule has 7 N–H and O–H groups in total. The summed E-state index contributed by atoms with van der Waals surface area (Å²) < 4.78 is 126. The summed E-state index contributed by atoms with van der Waals surface area (Å²) in [5.41, 5.74) is 14.4. The maximum absolute atomic E-state index is 13.4. The number of phenolic OH excluding ortho intramolecular Hbond substituents is 2. The van der Waals surface area contributed by atoms with Crippen LogP contribution in [0.3, 0.4) is 0 Å². The van der Waals surface area contributed by atoms with Crippen LogP contribution < -0.4 is 44.8 Å². The van der Waals surface area contributed by atoms with Crippen LogP contribution >= 0.6 is 103 Å². The van der Waals surface area contributed by atoms with Gasteiger partial charge in [0.2, 0.25) is 0 Å². The number of aliphatic hydroxyl groups is 1. The molecule has 0 unspecified atom stereocenters. The summed E-state index contributed by atoms with van der Waals surface area (Å²) >= 11 is 47.2. The molecule has 125 heavy (non-hydrogen) atoms. The summed E-state index contributed by atoms with van der Waals surface area (Å²) in [6.45, 7) is 5.78. The number of rotatable bonds is 22. The predicted molar refractivity (Wildman–Crippen MR) is 485 cm³/mol. The van der Waals surface area contributed by atoms with Gasteiger partial charge in [-0.25, -0.2) is 52.8 Å². The molecule has 0 radical (unpaired) electrons. The standard InChI is InChI=1S/C23H20Cl2O5S.C22H18Cl2O5S.C21H16Cl2O5S.C14H13NO2.C6H3Cl3O3S.C2H6O.Na.H2O/c1-3-30-22-20(25)12-18(24)13-21(22)31(27,28)14-17-11-16(15-7-5-4-6-8-15)9-10-19(17)23(26)29-2;1-2-29-21-19(24)11-17(23)12-20(21)30(27,28)13-16-10-15(8-9-18(16)22(25)26)14-6-4-3-5-7-14;1-28-21(25)17-8-7-14(13-5-3-2-4-6-13)9-15(17)12-29(26,27)19-11-16(22)10-18(23)20(19)24;1-17-14(16)12-8-7-11(9-13(12)15)10-5-3-2-4-6-10;7-3-1-4(8)6(10)5(2-3)13(9,11)12;1-2-3;;/h4-13H,3,14H2,1-2H3;3-12H,2,13H2,1H3,(H,25,26);2-11,24H,12H2,1H3;2-9H,15H2,1H3;1-2,10H;3H,2H2,1H3;;1H2/q;;;;;;+1;/p-1. The number of sulfone groups is 3. The number of ether oxygens (including phenoxy) is 5. The molecule has 37 heteroatoms. The molecule has 23 nitrogen and oxygen atoms in total. The van der Waals surface area contributed by atoms with Crippen molar-refractivity contribution in [1.82, 2.24) is 0 Å². The molecule has 12 aromatic rings. The number of carboxylic acids is 1. The van der Waals surface area contributed by atoms with Crippen LogP contribution in [0.15, 0.2) is 262 Å². The second-order valence-corrected chi connectivity index (χ2v) is 37.2. The van der Waals surface area contributed by atoms with Crippen molar-refractivity contribution < 1.29 is 132 Å². The van der Waals surface area contributed by atoms with Gasteiger partial charge in [-0.2, -0.15) is 0 Å². The summed E-state index contributed by atoms with van der Waals surface area (Å²) in [7, 11) is -7.30. The number of hydrogen-bond donors (Lipinski definition) is 5. The molecule has 0 saturated heterocycles. The number of halogens is 9. The van der Waals surface area contributed by atoms with E-state index in [-0.39, 0.29) is 144 Å². The van der Waals surface area contributed by atoms with E-state index in [9.17, 15) is 68.2 Å². The molecule has 0 fully saturated rings. The minimum Gasteiger partial charge on any atom is -0.870 e. The van der Waals surface area contributed by atoms with Gasteiger partial charge in [0.1, 0.15) is 19.6 Å². The number of benzene rings is 12. The number of carbonyl (C=O) groups excluding carboxylic acids is 3.